The zero-order valence-corrected chi connectivity index (χ0v) is 77.3. The number of fused-ring (bicyclic) bond motifs is 1. The fourth-order valence-electron chi connectivity index (χ4n) is 13.5. The molecule has 0 aliphatic heterocycles. The van der Waals surface area contributed by atoms with E-state index in [4.69, 9.17) is 33.5 Å². The first-order chi connectivity index (χ1) is 63.3. The van der Waals surface area contributed by atoms with Crippen LogP contribution in [0.4, 0.5) is 0 Å². The molecule has 33 N–H and O–H groups in total. The van der Waals surface area contributed by atoms with E-state index in [1.165, 1.54) is 0 Å². The fraction of sp³-hybridized carbons (Fsp3) is 0.600. The molecule has 1 heterocycles. The van der Waals surface area contributed by atoms with Gasteiger partial charge in [0.05, 0.1) is 44.9 Å². The summed E-state index contributed by atoms with van der Waals surface area (Å²) in [5.41, 5.74) is 24.0. The summed E-state index contributed by atoms with van der Waals surface area (Å²) in [6.07, 6.45) is -1.79. The fourth-order valence-corrected chi connectivity index (χ4v) is 13.7. The lowest BCUT2D eigenvalue weighted by molar-refractivity contribution is -0.142. The van der Waals surface area contributed by atoms with E-state index in [0.29, 0.717) is 41.3 Å². The van der Waals surface area contributed by atoms with Crippen LogP contribution in [0.2, 0.25) is 0 Å². The van der Waals surface area contributed by atoms with Gasteiger partial charge in [0, 0.05) is 48.7 Å². The largest absolute Gasteiger partial charge is 0.481 e. The molecule has 16 atom stereocenters. The summed E-state index contributed by atoms with van der Waals surface area (Å²) in [4.78, 5) is 261. The molecule has 746 valence electrons. The summed E-state index contributed by atoms with van der Waals surface area (Å²) in [7, 11) is 0. The Labute approximate surface area is 780 Å². The molecule has 0 bridgehead atoms. The molecular weight excluding hydrogens is 1780 g/mol. The maximum Gasteiger partial charge on any atom is 0.326 e. The Morgan fingerprint density at radius 3 is 1.31 bits per heavy atom. The van der Waals surface area contributed by atoms with Crippen LogP contribution in [0.5, 0.6) is 0 Å². The van der Waals surface area contributed by atoms with Crippen molar-refractivity contribution in [2.45, 2.75) is 255 Å². The van der Waals surface area contributed by atoms with E-state index in [1.807, 2.05) is 0 Å². The second-order valence-electron chi connectivity index (χ2n) is 33.5. The maximum atomic E-state index is 15.0. The molecule has 0 unspecified atom stereocenters. The molecule has 0 aliphatic rings. The van der Waals surface area contributed by atoms with Crippen LogP contribution in [0.3, 0.4) is 0 Å². The minimum Gasteiger partial charge on any atom is -0.481 e. The van der Waals surface area contributed by atoms with Crippen molar-refractivity contribution in [2.75, 3.05) is 51.7 Å². The number of para-hydroxylation sites is 1. The first-order valence-electron chi connectivity index (χ1n) is 44.0. The topological polar surface area (TPSA) is 794 Å². The number of carbonyl (C=O) groups is 19. The van der Waals surface area contributed by atoms with Gasteiger partial charge in [-0.05, 0) is 139 Å². The summed E-state index contributed by atoms with van der Waals surface area (Å²) in [5, 5.41) is 110. The Morgan fingerprint density at radius 2 is 0.806 bits per heavy atom. The molecule has 3 aromatic rings. The van der Waals surface area contributed by atoms with E-state index >= 15 is 0 Å². The quantitative estimate of drug-likeness (QED) is 0.0108. The van der Waals surface area contributed by atoms with Crippen LogP contribution in [0.1, 0.15) is 156 Å². The van der Waals surface area contributed by atoms with Crippen molar-refractivity contribution in [1.29, 1.82) is 5.41 Å². The second kappa shape index (κ2) is 60.4. The van der Waals surface area contributed by atoms with Crippen molar-refractivity contribution in [2.24, 2.45) is 40.7 Å². The number of benzene rings is 2. The highest BCUT2D eigenvalue weighted by molar-refractivity contribution is 7.80. The lowest BCUT2D eigenvalue weighted by Crippen LogP contribution is -2.61. The lowest BCUT2D eigenvalue weighted by Gasteiger charge is -2.28. The lowest BCUT2D eigenvalue weighted by atomic mass is 10.00. The monoisotopic (exact) mass is 1910 g/mol. The van der Waals surface area contributed by atoms with Crippen molar-refractivity contribution in [3.8, 4) is 0 Å². The third-order valence-electron chi connectivity index (χ3n) is 20.6. The second-order valence-corrected chi connectivity index (χ2v) is 33.8. The number of rotatable bonds is 64. The molecule has 0 radical (unpaired) electrons. The predicted octanol–water partition coefficient (Wildman–Crippen LogP) is -7.30. The summed E-state index contributed by atoms with van der Waals surface area (Å²) in [6.45, 7) is 8.89. The molecule has 0 fully saturated rings. The van der Waals surface area contributed by atoms with Crippen molar-refractivity contribution >= 4 is 142 Å². The normalized spacial score (nSPS) is 14.8. The zero-order chi connectivity index (χ0) is 101. The zero-order valence-electron chi connectivity index (χ0n) is 76.4. The number of aliphatic carboxylic acids is 3. The third kappa shape index (κ3) is 42.9. The molecule has 0 aliphatic carbocycles. The third-order valence-corrected chi connectivity index (χ3v) is 20.9. The smallest absolute Gasteiger partial charge is 0.326 e. The Morgan fingerprint density at radius 1 is 0.410 bits per heavy atom. The van der Waals surface area contributed by atoms with Crippen molar-refractivity contribution in [3.63, 3.8) is 0 Å². The number of guanidine groups is 1. The van der Waals surface area contributed by atoms with E-state index in [2.05, 4.69) is 108 Å². The predicted molar refractivity (Wildman–Crippen MR) is 489 cm³/mol. The molecule has 1 aromatic heterocycles. The molecule has 0 saturated heterocycles. The van der Waals surface area contributed by atoms with Crippen LogP contribution in [-0.4, -0.2) is 302 Å². The molecule has 134 heavy (non-hydrogen) atoms. The van der Waals surface area contributed by atoms with E-state index in [-0.39, 0.29) is 107 Å². The van der Waals surface area contributed by atoms with Crippen LogP contribution in [0, 0.1) is 23.2 Å². The average Bonchev–Trinajstić information content (AvgIpc) is 1.63. The van der Waals surface area contributed by atoms with Crippen LogP contribution in [0.25, 0.3) is 10.9 Å². The number of carboxylic acid groups (broad SMARTS) is 3. The van der Waals surface area contributed by atoms with Crippen molar-refractivity contribution < 1.29 is 122 Å². The number of hydrogen-bond donors (Lipinski definition) is 30. The molecule has 2 aromatic carbocycles. The number of aromatic amines is 1. The molecule has 16 amide bonds. The Kier molecular flexibility index (Phi) is 52.1. The minimum absolute atomic E-state index is 0.0116. The van der Waals surface area contributed by atoms with Gasteiger partial charge < -0.3 is 149 Å². The van der Waals surface area contributed by atoms with Gasteiger partial charge in [0.25, 0.3) is 0 Å². The van der Waals surface area contributed by atoms with Gasteiger partial charge in [-0.15, -0.1) is 0 Å². The van der Waals surface area contributed by atoms with E-state index < -0.39 is 261 Å². The summed E-state index contributed by atoms with van der Waals surface area (Å²) in [5.74, 6) is -22.4. The van der Waals surface area contributed by atoms with E-state index in [1.54, 1.807) is 102 Å². The molecular formula is C85H135N23O25S. The van der Waals surface area contributed by atoms with Gasteiger partial charge in [-0.3, -0.25) is 91.7 Å². The number of aliphatic hydroxyl groups is 3. The van der Waals surface area contributed by atoms with E-state index in [0.717, 1.165) is 13.8 Å². The van der Waals surface area contributed by atoms with Gasteiger partial charge in [-0.25, -0.2) is 4.79 Å². The van der Waals surface area contributed by atoms with Gasteiger partial charge in [0.1, 0.15) is 84.6 Å². The van der Waals surface area contributed by atoms with Gasteiger partial charge in [0.2, 0.25) is 94.5 Å². The van der Waals surface area contributed by atoms with Gasteiger partial charge >= 0.3 is 17.9 Å². The first kappa shape index (κ1) is 115. The molecule has 0 saturated carbocycles. The SMILES string of the molecule is CC(C)C[C@H](NC(=O)CNC(=O)[C@H](CC(C)C)NC(=O)[C@H](CO)NC(=O)[C@H](C)NC(=O)[C@H](CCC(=O)O)NC(=O)[C@H](CCCCN)NC(=O)[C@@H](N)CC(=O)O)C(=O)N[C@@H](Cc1c[nH]c2ccccc12)C(=O)N[C@@H](CCCNC(=N)N)C(=O)N[C@H](C(=O)NCC(=O)N[C@@H](CO)C(=O)N[C@@H](Cc1ccccc1)C(=O)N[C@@H](CC(C)C)C(=O)N[C@@H](CS)C(=O)N[C@@H](CCCCN)C(=O)O)[C@@H](C)O. The van der Waals surface area contributed by atoms with Gasteiger partial charge in [-0.1, -0.05) is 90.1 Å². The number of thiol groups is 1. The Hall–Kier alpha value is -12.7. The highest BCUT2D eigenvalue weighted by atomic mass is 32.1. The first-order valence-corrected chi connectivity index (χ1v) is 44.7. The summed E-state index contributed by atoms with van der Waals surface area (Å²) >= 11 is 4.20. The number of aromatic nitrogens is 1. The Balaban J connectivity index is 1.86. The van der Waals surface area contributed by atoms with Crippen LogP contribution < -0.4 is 113 Å². The number of hydrogen-bond acceptors (Lipinski definition) is 27. The number of carboxylic acids is 3. The number of H-pyrrole nitrogens is 1. The molecule has 3 rings (SSSR count). The number of unbranched alkanes of at least 4 members (excludes halogenated alkanes) is 2. The summed E-state index contributed by atoms with van der Waals surface area (Å²) in [6, 6.07) is -8.44. The molecule has 48 nitrogen and oxygen atoms in total. The van der Waals surface area contributed by atoms with Crippen molar-refractivity contribution in [3.05, 3.63) is 71.9 Å². The maximum absolute atomic E-state index is 15.0. The number of carbonyl (C=O) groups excluding carboxylic acids is 16. The molecule has 49 heteroatoms. The standard InChI is InChI=1S/C85H135N23O25S/c1-43(2)31-57(102-81(129)63(41-110)106-70(118)46(7)95-73(121)55(26-27-67(114)115)100-74(122)53(23-14-16-28-86)98-71(119)51(88)36-68(116)117)72(120)93-38-65(112)96-58(32-44(3)4)76(124)105-61(35-49-37-92-52-22-13-12-21-50(49)52)79(127)99-54(25-18-30-91-85(89)90)75(123)108-69(47(8)111)83(131)94-39-66(113)97-62(40-109)80(128)104-60(34-48-19-10-9-11-20-48)78(126)103-59(33-45(5)6)77(125)107-64(42-134)82(130)101-56(84(132)133)24-15-17-29-87/h9-13,19-22,37,43-47,51,53-64,69,92,109-111,134H,14-18,23-36,38-42,86-88H2,1-8H3,(H,93,120)(H,94,131)(H,95,121)(H,96,112)(H,97,113)(H,98,119)(H,99,127)(H,100,122)(H,101,130)(H,102,129)(H,103,126)(H,104,128)(H,105,124)(H,106,118)(H,107,125)(H,108,123)(H,114,115)(H,116,117)(H,132,133)(H4,89,90,91)/t46-,47+,51-,53-,54-,55-,56-,57-,58-,59-,60-,61-,62-,63-,64-,69-/m0/s1. The average molecular weight is 1910 g/mol. The van der Waals surface area contributed by atoms with Crippen LogP contribution in [-0.2, 0) is 104 Å². The minimum atomic E-state index is -1.91. The number of nitrogens with one attached hydrogen (secondary N) is 19. The number of aliphatic hydroxyl groups excluding tert-OH is 3. The number of nitrogens with two attached hydrogens (primary N) is 4. The van der Waals surface area contributed by atoms with Gasteiger partial charge in [-0.2, -0.15) is 12.6 Å². The van der Waals surface area contributed by atoms with Crippen LogP contribution >= 0.6 is 12.6 Å². The summed E-state index contributed by atoms with van der Waals surface area (Å²) < 4.78 is 0. The van der Waals surface area contributed by atoms with E-state index in [9.17, 15) is 117 Å². The molecule has 0 spiro atoms. The highest BCUT2D eigenvalue weighted by Gasteiger charge is 2.39. The van der Waals surface area contributed by atoms with Gasteiger partial charge in [0.15, 0.2) is 5.96 Å². The number of amides is 16. The Bertz CT molecular complexity index is 4450. The highest BCUT2D eigenvalue weighted by Crippen LogP contribution is 2.21. The van der Waals surface area contributed by atoms with Crippen LogP contribution in [0.15, 0.2) is 60.8 Å². The van der Waals surface area contributed by atoms with Crippen molar-refractivity contribution in [1.82, 2.24) is 95.4 Å².